The van der Waals surface area contributed by atoms with Gasteiger partial charge in [-0.25, -0.2) is 4.79 Å². The van der Waals surface area contributed by atoms with E-state index in [1.807, 2.05) is 4.90 Å². The highest BCUT2D eigenvalue weighted by atomic mass is 16.4. The first-order chi connectivity index (χ1) is 8.61. The third-order valence-electron chi connectivity index (χ3n) is 2.76. The van der Waals surface area contributed by atoms with Gasteiger partial charge in [0.25, 0.3) is 0 Å². The summed E-state index contributed by atoms with van der Waals surface area (Å²) in [5.74, 6) is 0.143. The Morgan fingerprint density at radius 2 is 1.61 bits per heavy atom. The molecule has 2 amide bonds. The molecule has 18 heavy (non-hydrogen) atoms. The third kappa shape index (κ3) is 8.84. The molecule has 0 atom stereocenters. The van der Waals surface area contributed by atoms with Crippen LogP contribution in [0, 0.1) is 0 Å². The zero-order valence-corrected chi connectivity index (χ0v) is 11.6. The normalized spacial score (nSPS) is 10.1. The van der Waals surface area contributed by atoms with Gasteiger partial charge in [-0.1, -0.05) is 26.7 Å². The number of nitrogens with zero attached hydrogens (tertiary/aromatic N) is 1. The summed E-state index contributed by atoms with van der Waals surface area (Å²) >= 11 is 0. The van der Waals surface area contributed by atoms with E-state index in [9.17, 15) is 9.59 Å². The first kappa shape index (κ1) is 16.7. The minimum Gasteiger partial charge on any atom is -0.465 e. The SMILES string of the molecule is CCCCN(CCCC)C(=O)CCCNC(=O)O. The predicted octanol–water partition coefficient (Wildman–Crippen LogP) is 2.46. The average molecular weight is 258 g/mol. The first-order valence-electron chi connectivity index (χ1n) is 6.86. The van der Waals surface area contributed by atoms with Gasteiger partial charge in [0.05, 0.1) is 0 Å². The second-order valence-electron chi connectivity index (χ2n) is 4.42. The molecule has 0 rings (SSSR count). The second kappa shape index (κ2) is 10.9. The van der Waals surface area contributed by atoms with Crippen LogP contribution in [-0.2, 0) is 4.79 Å². The summed E-state index contributed by atoms with van der Waals surface area (Å²) in [5.41, 5.74) is 0. The van der Waals surface area contributed by atoms with E-state index in [0.717, 1.165) is 38.8 Å². The number of hydrogen-bond acceptors (Lipinski definition) is 2. The minimum atomic E-state index is -1.03. The number of amides is 2. The molecular formula is C13H26N2O3. The molecule has 0 heterocycles. The van der Waals surface area contributed by atoms with E-state index in [2.05, 4.69) is 19.2 Å². The van der Waals surface area contributed by atoms with Crippen molar-refractivity contribution in [2.45, 2.75) is 52.4 Å². The van der Waals surface area contributed by atoms with Gasteiger partial charge < -0.3 is 15.3 Å². The third-order valence-corrected chi connectivity index (χ3v) is 2.76. The maximum absolute atomic E-state index is 12.0. The quantitative estimate of drug-likeness (QED) is 0.591. The molecule has 0 aromatic carbocycles. The Morgan fingerprint density at radius 1 is 1.06 bits per heavy atom. The lowest BCUT2D eigenvalue weighted by Gasteiger charge is -2.22. The average Bonchev–Trinajstić information content (AvgIpc) is 2.34. The van der Waals surface area contributed by atoms with Gasteiger partial charge in [-0.15, -0.1) is 0 Å². The summed E-state index contributed by atoms with van der Waals surface area (Å²) in [6, 6.07) is 0. The van der Waals surface area contributed by atoms with E-state index >= 15 is 0 Å². The molecule has 0 saturated carbocycles. The standard InChI is InChI=1S/C13H26N2O3/c1-3-5-10-15(11-6-4-2)12(16)8-7-9-14-13(17)18/h14H,3-11H2,1-2H3,(H,17,18). The van der Waals surface area contributed by atoms with Crippen LogP contribution in [0.15, 0.2) is 0 Å². The lowest BCUT2D eigenvalue weighted by molar-refractivity contribution is -0.131. The Kier molecular flexibility index (Phi) is 10.1. The zero-order valence-electron chi connectivity index (χ0n) is 11.6. The molecule has 0 aromatic rings. The first-order valence-corrected chi connectivity index (χ1v) is 6.86. The van der Waals surface area contributed by atoms with Crippen molar-refractivity contribution in [3.63, 3.8) is 0 Å². The van der Waals surface area contributed by atoms with Crippen molar-refractivity contribution >= 4 is 12.0 Å². The van der Waals surface area contributed by atoms with E-state index in [4.69, 9.17) is 5.11 Å². The van der Waals surface area contributed by atoms with Crippen LogP contribution in [0.4, 0.5) is 4.79 Å². The molecule has 0 bridgehead atoms. The number of carbonyl (C=O) groups excluding carboxylic acids is 1. The summed E-state index contributed by atoms with van der Waals surface area (Å²) in [6.45, 7) is 6.21. The molecule has 0 aliphatic rings. The van der Waals surface area contributed by atoms with Crippen molar-refractivity contribution in [3.05, 3.63) is 0 Å². The van der Waals surface area contributed by atoms with Gasteiger partial charge in [0, 0.05) is 26.1 Å². The molecule has 2 N–H and O–H groups in total. The van der Waals surface area contributed by atoms with Crippen molar-refractivity contribution in [2.24, 2.45) is 0 Å². The number of hydrogen-bond donors (Lipinski definition) is 2. The molecule has 0 aliphatic carbocycles. The van der Waals surface area contributed by atoms with Gasteiger partial charge >= 0.3 is 6.09 Å². The van der Waals surface area contributed by atoms with Crippen molar-refractivity contribution in [1.29, 1.82) is 0 Å². The van der Waals surface area contributed by atoms with Gasteiger partial charge in [0.15, 0.2) is 0 Å². The molecule has 0 unspecified atom stereocenters. The highest BCUT2D eigenvalue weighted by molar-refractivity contribution is 5.76. The van der Waals surface area contributed by atoms with E-state index < -0.39 is 6.09 Å². The maximum atomic E-state index is 12.0. The predicted molar refractivity (Wildman–Crippen MR) is 71.7 cm³/mol. The molecule has 0 spiro atoms. The maximum Gasteiger partial charge on any atom is 0.404 e. The topological polar surface area (TPSA) is 69.6 Å². The van der Waals surface area contributed by atoms with Gasteiger partial charge in [-0.2, -0.15) is 0 Å². The molecule has 0 radical (unpaired) electrons. The smallest absolute Gasteiger partial charge is 0.404 e. The van der Waals surface area contributed by atoms with Crippen molar-refractivity contribution in [2.75, 3.05) is 19.6 Å². The lowest BCUT2D eigenvalue weighted by Crippen LogP contribution is -2.33. The fourth-order valence-corrected chi connectivity index (χ4v) is 1.65. The van der Waals surface area contributed by atoms with Gasteiger partial charge in [-0.3, -0.25) is 4.79 Å². The molecule has 0 saturated heterocycles. The summed E-state index contributed by atoms with van der Waals surface area (Å²) < 4.78 is 0. The number of carboxylic acid groups (broad SMARTS) is 1. The Bertz CT molecular complexity index is 236. The second-order valence-corrected chi connectivity index (χ2v) is 4.42. The fraction of sp³-hybridized carbons (Fsp3) is 0.846. The lowest BCUT2D eigenvalue weighted by atomic mass is 10.2. The van der Waals surface area contributed by atoms with Crippen LogP contribution < -0.4 is 5.32 Å². The number of unbranched alkanes of at least 4 members (excludes halogenated alkanes) is 2. The van der Waals surface area contributed by atoms with Crippen molar-refractivity contribution in [1.82, 2.24) is 10.2 Å². The van der Waals surface area contributed by atoms with Crippen LogP contribution in [-0.4, -0.2) is 41.6 Å². The number of carbonyl (C=O) groups is 2. The molecule has 0 aliphatic heterocycles. The molecule has 5 heteroatoms. The number of nitrogens with one attached hydrogen (secondary N) is 1. The van der Waals surface area contributed by atoms with Crippen LogP contribution in [0.25, 0.3) is 0 Å². The monoisotopic (exact) mass is 258 g/mol. The summed E-state index contributed by atoms with van der Waals surface area (Å²) in [5, 5.41) is 10.7. The molecule has 5 nitrogen and oxygen atoms in total. The summed E-state index contributed by atoms with van der Waals surface area (Å²) in [6.07, 6.45) is 4.18. The summed E-state index contributed by atoms with van der Waals surface area (Å²) in [7, 11) is 0. The van der Waals surface area contributed by atoms with Gasteiger partial charge in [0.1, 0.15) is 0 Å². The molecule has 0 fully saturated rings. The highest BCUT2D eigenvalue weighted by Gasteiger charge is 2.11. The largest absolute Gasteiger partial charge is 0.465 e. The Balaban J connectivity index is 3.91. The Labute approximate surface area is 110 Å². The van der Waals surface area contributed by atoms with E-state index in [1.54, 1.807) is 0 Å². The Morgan fingerprint density at radius 3 is 2.06 bits per heavy atom. The van der Waals surface area contributed by atoms with Crippen molar-refractivity contribution in [3.8, 4) is 0 Å². The molecule has 106 valence electrons. The van der Waals surface area contributed by atoms with Crippen LogP contribution in [0.5, 0.6) is 0 Å². The van der Waals surface area contributed by atoms with Crippen molar-refractivity contribution < 1.29 is 14.7 Å². The van der Waals surface area contributed by atoms with Crippen LogP contribution in [0.3, 0.4) is 0 Å². The van der Waals surface area contributed by atoms with E-state index in [0.29, 0.717) is 19.4 Å². The fourth-order valence-electron chi connectivity index (χ4n) is 1.65. The molecule has 0 aromatic heterocycles. The van der Waals surface area contributed by atoms with Crippen LogP contribution in [0.2, 0.25) is 0 Å². The number of rotatable bonds is 10. The van der Waals surface area contributed by atoms with Crippen LogP contribution in [0.1, 0.15) is 52.4 Å². The molecular weight excluding hydrogens is 232 g/mol. The van der Waals surface area contributed by atoms with Gasteiger partial charge in [-0.05, 0) is 19.3 Å². The van der Waals surface area contributed by atoms with E-state index in [1.165, 1.54) is 0 Å². The minimum absolute atomic E-state index is 0.143. The zero-order chi connectivity index (χ0) is 13.8. The Hall–Kier alpha value is -1.26. The summed E-state index contributed by atoms with van der Waals surface area (Å²) in [4.78, 5) is 24.1. The van der Waals surface area contributed by atoms with Gasteiger partial charge in [0.2, 0.25) is 5.91 Å². The van der Waals surface area contributed by atoms with Crippen LogP contribution >= 0.6 is 0 Å². The highest BCUT2D eigenvalue weighted by Crippen LogP contribution is 2.03. The van der Waals surface area contributed by atoms with E-state index in [-0.39, 0.29) is 5.91 Å².